The Morgan fingerprint density at radius 2 is 1.62 bits per heavy atom. The zero-order chi connectivity index (χ0) is 17.2. The monoisotopic (exact) mass is 324 g/mol. The van der Waals surface area contributed by atoms with E-state index in [4.69, 9.17) is 4.74 Å². The second kappa shape index (κ2) is 9.92. The number of carbonyl (C=O) groups excluding carboxylic acids is 1. The van der Waals surface area contributed by atoms with Crippen molar-refractivity contribution >= 4 is 5.78 Å². The highest BCUT2D eigenvalue weighted by Gasteiger charge is 2.09. The van der Waals surface area contributed by atoms with Crippen molar-refractivity contribution in [2.75, 3.05) is 7.11 Å². The molecule has 128 valence electrons. The van der Waals surface area contributed by atoms with Gasteiger partial charge in [0, 0.05) is 12.8 Å². The van der Waals surface area contributed by atoms with E-state index in [0.717, 1.165) is 31.4 Å². The molecule has 0 aromatic heterocycles. The summed E-state index contributed by atoms with van der Waals surface area (Å²) in [7, 11) is 1.67. The molecule has 2 nitrogen and oxygen atoms in total. The van der Waals surface area contributed by atoms with E-state index in [1.165, 1.54) is 11.1 Å². The van der Waals surface area contributed by atoms with E-state index in [-0.39, 0.29) is 0 Å². The van der Waals surface area contributed by atoms with Gasteiger partial charge in [-0.1, -0.05) is 49.4 Å². The molecule has 2 rings (SSSR count). The van der Waals surface area contributed by atoms with Crippen LogP contribution in [0.3, 0.4) is 0 Å². The molecule has 0 saturated carbocycles. The van der Waals surface area contributed by atoms with Gasteiger partial charge < -0.3 is 4.74 Å². The molecule has 0 bridgehead atoms. The summed E-state index contributed by atoms with van der Waals surface area (Å²) in [6.45, 7) is 2.18. The molecular weight excluding hydrogens is 296 g/mol. The quantitative estimate of drug-likeness (QED) is 0.597. The van der Waals surface area contributed by atoms with E-state index >= 15 is 0 Å². The van der Waals surface area contributed by atoms with Crippen molar-refractivity contribution in [3.63, 3.8) is 0 Å². The van der Waals surface area contributed by atoms with Crippen molar-refractivity contribution < 1.29 is 9.53 Å². The van der Waals surface area contributed by atoms with Gasteiger partial charge in [0.05, 0.1) is 7.11 Å². The lowest BCUT2D eigenvalue weighted by molar-refractivity contribution is -0.120. The Labute approximate surface area is 145 Å². The van der Waals surface area contributed by atoms with Crippen LogP contribution in [-0.4, -0.2) is 12.9 Å². The summed E-state index contributed by atoms with van der Waals surface area (Å²) < 4.78 is 5.16. The van der Waals surface area contributed by atoms with Crippen molar-refractivity contribution in [1.29, 1.82) is 0 Å². The fraction of sp³-hybridized carbons (Fsp3) is 0.409. The first kappa shape index (κ1) is 18.3. The maximum Gasteiger partial charge on any atom is 0.133 e. The number of aryl methyl sites for hydroxylation is 2. The number of hydrogen-bond donors (Lipinski definition) is 0. The van der Waals surface area contributed by atoms with E-state index in [1.807, 2.05) is 18.2 Å². The molecule has 1 atom stereocenters. The van der Waals surface area contributed by atoms with Crippen LogP contribution in [0.1, 0.15) is 43.7 Å². The third-order valence-corrected chi connectivity index (χ3v) is 4.42. The summed E-state index contributed by atoms with van der Waals surface area (Å²) in [6.07, 6.45) is 5.40. The highest BCUT2D eigenvalue weighted by molar-refractivity contribution is 5.78. The molecule has 0 amide bonds. The van der Waals surface area contributed by atoms with Crippen molar-refractivity contribution in [2.45, 2.75) is 45.4 Å². The molecule has 0 spiro atoms. The maximum atomic E-state index is 12.1. The average molecular weight is 324 g/mol. The molecule has 0 aliphatic carbocycles. The Hall–Kier alpha value is -2.09. The van der Waals surface area contributed by atoms with Crippen molar-refractivity contribution in [2.24, 2.45) is 5.92 Å². The van der Waals surface area contributed by atoms with Crippen molar-refractivity contribution in [1.82, 2.24) is 0 Å². The molecule has 0 radical (unpaired) electrons. The highest BCUT2D eigenvalue weighted by Crippen LogP contribution is 2.16. The van der Waals surface area contributed by atoms with Gasteiger partial charge in [0.1, 0.15) is 11.5 Å². The van der Waals surface area contributed by atoms with Crippen LogP contribution >= 0.6 is 0 Å². The van der Waals surface area contributed by atoms with Gasteiger partial charge in [0.2, 0.25) is 0 Å². The lowest BCUT2D eigenvalue weighted by atomic mass is 9.94. The third kappa shape index (κ3) is 6.57. The number of ketones is 1. The zero-order valence-electron chi connectivity index (χ0n) is 14.8. The lowest BCUT2D eigenvalue weighted by Crippen LogP contribution is -2.07. The fourth-order valence-corrected chi connectivity index (χ4v) is 2.93. The standard InChI is InChI=1S/C22H28O2/c1-18(11-12-19-7-4-3-5-8-19)17-21(23)10-6-9-20-13-15-22(24-2)16-14-20/h3-5,7-8,13-16,18H,6,9-12,17H2,1-2H3. The Bertz CT molecular complexity index is 602. The molecule has 2 heteroatoms. The number of benzene rings is 2. The van der Waals surface area contributed by atoms with Crippen molar-refractivity contribution in [3.05, 3.63) is 65.7 Å². The third-order valence-electron chi connectivity index (χ3n) is 4.42. The fourth-order valence-electron chi connectivity index (χ4n) is 2.93. The van der Waals surface area contributed by atoms with Gasteiger partial charge in [-0.3, -0.25) is 4.79 Å². The van der Waals surface area contributed by atoms with Crippen LogP contribution in [0.2, 0.25) is 0 Å². The smallest absolute Gasteiger partial charge is 0.133 e. The van der Waals surface area contributed by atoms with Gasteiger partial charge in [-0.25, -0.2) is 0 Å². The molecule has 0 fully saturated rings. The maximum absolute atomic E-state index is 12.1. The minimum Gasteiger partial charge on any atom is -0.497 e. The van der Waals surface area contributed by atoms with Crippen LogP contribution in [-0.2, 0) is 17.6 Å². The first-order valence-electron chi connectivity index (χ1n) is 8.86. The van der Waals surface area contributed by atoms with Crippen LogP contribution in [0.25, 0.3) is 0 Å². The van der Waals surface area contributed by atoms with Crippen LogP contribution in [0, 0.1) is 5.92 Å². The zero-order valence-corrected chi connectivity index (χ0v) is 14.8. The summed E-state index contributed by atoms with van der Waals surface area (Å²) in [4.78, 5) is 12.1. The number of hydrogen-bond acceptors (Lipinski definition) is 2. The Balaban J connectivity index is 1.63. The van der Waals surface area contributed by atoms with Gasteiger partial charge in [-0.15, -0.1) is 0 Å². The Morgan fingerprint density at radius 1 is 0.958 bits per heavy atom. The van der Waals surface area contributed by atoms with E-state index in [1.54, 1.807) is 7.11 Å². The van der Waals surface area contributed by atoms with E-state index in [2.05, 4.69) is 43.3 Å². The summed E-state index contributed by atoms with van der Waals surface area (Å²) in [5.74, 6) is 1.73. The molecule has 0 saturated heterocycles. The average Bonchev–Trinajstić information content (AvgIpc) is 2.61. The minimum absolute atomic E-state index is 0.393. The number of methoxy groups -OCH3 is 1. The van der Waals surface area contributed by atoms with Gasteiger partial charge >= 0.3 is 0 Å². The molecule has 0 aliphatic heterocycles. The van der Waals surface area contributed by atoms with E-state index in [0.29, 0.717) is 24.5 Å². The molecule has 2 aromatic rings. The van der Waals surface area contributed by atoms with Crippen LogP contribution in [0.15, 0.2) is 54.6 Å². The molecule has 0 heterocycles. The number of Topliss-reactive ketones (excluding diaryl/α,β-unsaturated/α-hetero) is 1. The predicted molar refractivity (Wildman–Crippen MR) is 99.5 cm³/mol. The number of rotatable bonds is 10. The summed E-state index contributed by atoms with van der Waals surface area (Å²) in [5.41, 5.74) is 2.62. The first-order valence-corrected chi connectivity index (χ1v) is 8.86. The molecule has 1 unspecified atom stereocenters. The normalized spacial score (nSPS) is 11.9. The molecule has 0 N–H and O–H groups in total. The van der Waals surface area contributed by atoms with Crippen LogP contribution < -0.4 is 4.74 Å². The predicted octanol–water partition coefficient (Wildman–Crippen LogP) is 5.25. The minimum atomic E-state index is 0.393. The Kier molecular flexibility index (Phi) is 7.54. The SMILES string of the molecule is COc1ccc(CCCC(=O)CC(C)CCc2ccccc2)cc1. The highest BCUT2D eigenvalue weighted by atomic mass is 16.5. The summed E-state index contributed by atoms with van der Waals surface area (Å²) in [5, 5.41) is 0. The van der Waals surface area contributed by atoms with Gasteiger partial charge in [-0.05, 0) is 54.9 Å². The largest absolute Gasteiger partial charge is 0.497 e. The van der Waals surface area contributed by atoms with Crippen molar-refractivity contribution in [3.8, 4) is 5.75 Å². The van der Waals surface area contributed by atoms with Crippen LogP contribution in [0.4, 0.5) is 0 Å². The number of carbonyl (C=O) groups is 1. The molecule has 0 aliphatic rings. The summed E-state index contributed by atoms with van der Waals surface area (Å²) >= 11 is 0. The van der Waals surface area contributed by atoms with Gasteiger partial charge in [-0.2, -0.15) is 0 Å². The van der Waals surface area contributed by atoms with Crippen LogP contribution in [0.5, 0.6) is 5.75 Å². The Morgan fingerprint density at radius 3 is 2.29 bits per heavy atom. The number of ether oxygens (including phenoxy) is 1. The second-order valence-electron chi connectivity index (χ2n) is 6.57. The molecule has 24 heavy (non-hydrogen) atoms. The first-order chi connectivity index (χ1) is 11.7. The molecular formula is C22H28O2. The molecule has 2 aromatic carbocycles. The second-order valence-corrected chi connectivity index (χ2v) is 6.57. The van der Waals surface area contributed by atoms with E-state index < -0.39 is 0 Å². The summed E-state index contributed by atoms with van der Waals surface area (Å²) in [6, 6.07) is 18.6. The van der Waals surface area contributed by atoms with E-state index in [9.17, 15) is 4.79 Å². The topological polar surface area (TPSA) is 26.3 Å². The lowest BCUT2D eigenvalue weighted by Gasteiger charge is -2.10. The van der Waals surface area contributed by atoms with Gasteiger partial charge in [0.15, 0.2) is 0 Å². The van der Waals surface area contributed by atoms with Gasteiger partial charge in [0.25, 0.3) is 0 Å².